The van der Waals surface area contributed by atoms with Crippen LogP contribution in [0.25, 0.3) is 11.0 Å². The van der Waals surface area contributed by atoms with Crippen LogP contribution in [-0.4, -0.2) is 34.2 Å². The fourth-order valence-corrected chi connectivity index (χ4v) is 4.24. The van der Waals surface area contributed by atoms with Gasteiger partial charge in [0.25, 0.3) is 5.91 Å². The van der Waals surface area contributed by atoms with Crippen LogP contribution in [0.5, 0.6) is 0 Å². The van der Waals surface area contributed by atoms with Crippen LogP contribution in [0.15, 0.2) is 71.2 Å². The number of carbonyl (C=O) groups excluding carboxylic acids is 2. The smallest absolute Gasteiger partial charge is 0.413 e. The number of amides is 2. The maximum atomic E-state index is 13.4. The zero-order valence-corrected chi connectivity index (χ0v) is 18.4. The maximum Gasteiger partial charge on any atom is 0.413 e. The fraction of sp³-hybridized carbons (Fsp3) is 0.0870. The van der Waals surface area contributed by atoms with Gasteiger partial charge in [-0.1, -0.05) is 40.2 Å². The van der Waals surface area contributed by atoms with Gasteiger partial charge >= 0.3 is 6.09 Å². The summed E-state index contributed by atoms with van der Waals surface area (Å²) < 4.78 is 5.46. The first-order chi connectivity index (χ1) is 15.4. The van der Waals surface area contributed by atoms with E-state index in [9.17, 15) is 14.7 Å². The molecule has 1 atom stereocenters. The van der Waals surface area contributed by atoms with Gasteiger partial charge in [-0.05, 0) is 42.5 Å². The van der Waals surface area contributed by atoms with Crippen LogP contribution in [0.3, 0.4) is 0 Å². The van der Waals surface area contributed by atoms with E-state index >= 15 is 0 Å². The highest BCUT2D eigenvalue weighted by molar-refractivity contribution is 9.10. The van der Waals surface area contributed by atoms with Crippen molar-refractivity contribution in [2.75, 3.05) is 17.3 Å². The molecule has 1 aliphatic rings. The number of ether oxygens (including phenoxy) is 1. The number of aromatic amines is 1. The van der Waals surface area contributed by atoms with Crippen molar-refractivity contribution in [1.29, 1.82) is 0 Å². The van der Waals surface area contributed by atoms with Gasteiger partial charge in [-0.2, -0.15) is 0 Å². The Kier molecular flexibility index (Phi) is 4.72. The largest absolute Gasteiger partial charge is 0.453 e. The van der Waals surface area contributed by atoms with E-state index in [4.69, 9.17) is 0 Å². The molecule has 0 saturated carbocycles. The van der Waals surface area contributed by atoms with Gasteiger partial charge < -0.3 is 14.8 Å². The number of carbonyl (C=O) groups is 2. The van der Waals surface area contributed by atoms with Crippen LogP contribution in [0.4, 0.5) is 16.4 Å². The number of hydrogen-bond donors (Lipinski definition) is 3. The first-order valence-corrected chi connectivity index (χ1v) is 10.5. The van der Waals surface area contributed by atoms with Crippen molar-refractivity contribution < 1.29 is 19.4 Å². The molecule has 160 valence electrons. The van der Waals surface area contributed by atoms with Crippen molar-refractivity contribution in [2.45, 2.75) is 5.72 Å². The van der Waals surface area contributed by atoms with E-state index in [-0.39, 0.29) is 11.9 Å². The van der Waals surface area contributed by atoms with Gasteiger partial charge in [-0.15, -0.1) is 0 Å². The minimum Gasteiger partial charge on any atom is -0.453 e. The summed E-state index contributed by atoms with van der Waals surface area (Å²) >= 11 is 3.41. The number of benzene rings is 3. The average molecular weight is 493 g/mol. The number of methoxy groups -OCH3 is 1. The molecule has 4 aromatic rings. The number of aromatic nitrogens is 2. The lowest BCUT2D eigenvalue weighted by atomic mass is 9.93. The van der Waals surface area contributed by atoms with Crippen molar-refractivity contribution in [2.24, 2.45) is 0 Å². The Labute approximate surface area is 191 Å². The molecule has 8 nitrogen and oxygen atoms in total. The SMILES string of the molecule is COC(=O)Nc1nc2ccc(C3(O)c4ccccc4C(=O)N3c3ccc(Br)cc3)cc2[nH]1. The minimum atomic E-state index is -1.74. The van der Waals surface area contributed by atoms with E-state index in [0.29, 0.717) is 33.4 Å². The Morgan fingerprint density at radius 2 is 1.91 bits per heavy atom. The zero-order chi connectivity index (χ0) is 22.5. The zero-order valence-electron chi connectivity index (χ0n) is 16.8. The molecule has 1 aromatic heterocycles. The van der Waals surface area contributed by atoms with Crippen molar-refractivity contribution >= 4 is 50.6 Å². The molecular formula is C23H17BrN4O4. The highest BCUT2D eigenvalue weighted by atomic mass is 79.9. The standard InChI is InChI=1S/C23H17BrN4O4/c1-32-22(30)27-21-25-18-11-6-13(12-19(18)26-21)23(31)17-5-3-2-4-16(17)20(29)28(23)15-9-7-14(24)8-10-15/h2-12,31H,1H3,(H2,25,26,27,30). The lowest BCUT2D eigenvalue weighted by Crippen LogP contribution is -2.45. The summed E-state index contributed by atoms with van der Waals surface area (Å²) in [5.41, 5.74) is 1.35. The Balaban J connectivity index is 1.67. The Morgan fingerprint density at radius 1 is 1.16 bits per heavy atom. The van der Waals surface area contributed by atoms with Crippen LogP contribution in [0, 0.1) is 0 Å². The predicted molar refractivity (Wildman–Crippen MR) is 123 cm³/mol. The summed E-state index contributed by atoms with van der Waals surface area (Å²) in [6.07, 6.45) is -0.653. The van der Waals surface area contributed by atoms with E-state index in [1.807, 2.05) is 12.1 Å². The molecule has 3 aromatic carbocycles. The highest BCUT2D eigenvalue weighted by Crippen LogP contribution is 2.45. The number of nitrogens with one attached hydrogen (secondary N) is 2. The van der Waals surface area contributed by atoms with Gasteiger partial charge in [0, 0.05) is 26.9 Å². The third-order valence-corrected chi connectivity index (χ3v) is 5.96. The summed E-state index contributed by atoms with van der Waals surface area (Å²) in [4.78, 5) is 33.5. The molecule has 1 unspecified atom stereocenters. The van der Waals surface area contributed by atoms with Gasteiger partial charge in [0.1, 0.15) is 0 Å². The molecule has 5 rings (SSSR count). The van der Waals surface area contributed by atoms with Crippen molar-refractivity contribution in [3.05, 3.63) is 87.9 Å². The van der Waals surface area contributed by atoms with Crippen molar-refractivity contribution in [3.8, 4) is 0 Å². The summed E-state index contributed by atoms with van der Waals surface area (Å²) in [5, 5.41) is 14.6. The van der Waals surface area contributed by atoms with E-state index < -0.39 is 11.8 Å². The number of anilines is 2. The molecule has 0 fully saturated rings. The number of imidazole rings is 1. The van der Waals surface area contributed by atoms with E-state index in [1.54, 1.807) is 54.6 Å². The molecule has 0 saturated heterocycles. The molecule has 0 spiro atoms. The second-order valence-electron chi connectivity index (χ2n) is 7.27. The fourth-order valence-electron chi connectivity index (χ4n) is 3.97. The third kappa shape index (κ3) is 3.05. The van der Waals surface area contributed by atoms with Crippen LogP contribution < -0.4 is 10.2 Å². The van der Waals surface area contributed by atoms with Gasteiger partial charge in [-0.25, -0.2) is 9.78 Å². The van der Waals surface area contributed by atoms with Gasteiger partial charge in [0.05, 0.1) is 18.1 Å². The first kappa shape index (κ1) is 20.2. The summed E-state index contributed by atoms with van der Waals surface area (Å²) in [7, 11) is 1.26. The number of hydrogen-bond acceptors (Lipinski definition) is 5. The average Bonchev–Trinajstić information content (AvgIpc) is 3.30. The number of halogens is 1. The summed E-state index contributed by atoms with van der Waals surface area (Å²) in [5.74, 6) is -0.0909. The van der Waals surface area contributed by atoms with Crippen LogP contribution in [0.2, 0.25) is 0 Å². The number of fused-ring (bicyclic) bond motifs is 2. The Morgan fingerprint density at radius 3 is 2.66 bits per heavy atom. The monoisotopic (exact) mass is 492 g/mol. The highest BCUT2D eigenvalue weighted by Gasteiger charge is 2.50. The number of H-pyrrole nitrogens is 1. The van der Waals surface area contributed by atoms with Crippen LogP contribution in [-0.2, 0) is 10.5 Å². The summed E-state index contributed by atoms with van der Waals surface area (Å²) in [6.45, 7) is 0. The summed E-state index contributed by atoms with van der Waals surface area (Å²) in [6, 6.07) is 19.3. The van der Waals surface area contributed by atoms with E-state index in [1.165, 1.54) is 12.0 Å². The second-order valence-corrected chi connectivity index (χ2v) is 8.18. The molecule has 3 N–H and O–H groups in total. The quantitative estimate of drug-likeness (QED) is 0.393. The maximum absolute atomic E-state index is 13.4. The van der Waals surface area contributed by atoms with Crippen molar-refractivity contribution in [1.82, 2.24) is 9.97 Å². The van der Waals surface area contributed by atoms with Crippen molar-refractivity contribution in [3.63, 3.8) is 0 Å². The lowest BCUT2D eigenvalue weighted by Gasteiger charge is -2.35. The molecule has 2 amide bonds. The van der Waals surface area contributed by atoms with Gasteiger partial charge in [-0.3, -0.25) is 15.0 Å². The van der Waals surface area contributed by atoms with E-state index in [0.717, 1.165) is 4.47 Å². The van der Waals surface area contributed by atoms with Crippen LogP contribution in [0.1, 0.15) is 21.5 Å². The molecule has 9 heteroatoms. The molecule has 0 bridgehead atoms. The molecule has 0 aliphatic carbocycles. The minimum absolute atomic E-state index is 0.212. The first-order valence-electron chi connectivity index (χ1n) is 9.69. The van der Waals surface area contributed by atoms with Gasteiger partial charge in [0.2, 0.25) is 5.95 Å². The predicted octanol–water partition coefficient (Wildman–Crippen LogP) is 4.36. The number of nitrogens with zero attached hydrogens (tertiary/aromatic N) is 2. The Bertz CT molecular complexity index is 1370. The molecule has 32 heavy (non-hydrogen) atoms. The van der Waals surface area contributed by atoms with Crippen LogP contribution >= 0.6 is 15.9 Å². The number of rotatable bonds is 3. The van der Waals surface area contributed by atoms with Gasteiger partial charge in [0.15, 0.2) is 5.72 Å². The number of aliphatic hydroxyl groups is 1. The normalized spacial score (nSPS) is 17.5. The molecule has 2 heterocycles. The lowest BCUT2D eigenvalue weighted by molar-refractivity contribution is 0.0704. The second kappa shape index (κ2) is 7.47. The Hall–Kier alpha value is -3.69. The third-order valence-electron chi connectivity index (χ3n) is 5.43. The topological polar surface area (TPSA) is 108 Å². The molecular weight excluding hydrogens is 476 g/mol. The molecule has 0 radical (unpaired) electrons. The van der Waals surface area contributed by atoms with E-state index in [2.05, 4.69) is 36.0 Å². The molecule has 1 aliphatic heterocycles.